The second-order valence-corrected chi connectivity index (χ2v) is 6.22. The highest BCUT2D eigenvalue weighted by atomic mass is 16.2. The van der Waals surface area contributed by atoms with E-state index in [-0.39, 0.29) is 11.9 Å². The van der Waals surface area contributed by atoms with Gasteiger partial charge in [0.1, 0.15) is 5.69 Å². The fourth-order valence-corrected chi connectivity index (χ4v) is 2.95. The van der Waals surface area contributed by atoms with E-state index >= 15 is 0 Å². The van der Waals surface area contributed by atoms with Gasteiger partial charge < -0.3 is 10.2 Å². The lowest BCUT2D eigenvalue weighted by molar-refractivity contribution is 0.0618. The molecule has 1 saturated heterocycles. The van der Waals surface area contributed by atoms with Gasteiger partial charge in [0.05, 0.1) is 24.1 Å². The molecule has 0 unspecified atom stereocenters. The van der Waals surface area contributed by atoms with Crippen molar-refractivity contribution < 1.29 is 4.79 Å². The van der Waals surface area contributed by atoms with Gasteiger partial charge in [0, 0.05) is 25.8 Å². The van der Waals surface area contributed by atoms with Crippen LogP contribution in [0.15, 0.2) is 42.7 Å². The first-order valence-corrected chi connectivity index (χ1v) is 8.14. The van der Waals surface area contributed by atoms with Crippen molar-refractivity contribution in [2.45, 2.75) is 13.0 Å². The summed E-state index contributed by atoms with van der Waals surface area (Å²) >= 11 is 0. The zero-order valence-corrected chi connectivity index (χ0v) is 14.1. The lowest BCUT2D eigenvalue weighted by Gasteiger charge is -2.39. The predicted octanol–water partition coefficient (Wildman–Crippen LogP) is 1.25. The summed E-state index contributed by atoms with van der Waals surface area (Å²) in [6.07, 6.45) is 3.53. The molecule has 1 aromatic carbocycles. The van der Waals surface area contributed by atoms with Crippen molar-refractivity contribution in [3.8, 4) is 5.69 Å². The van der Waals surface area contributed by atoms with Crippen molar-refractivity contribution in [3.05, 3.63) is 54.1 Å². The van der Waals surface area contributed by atoms with Gasteiger partial charge in [-0.2, -0.15) is 5.10 Å². The maximum absolute atomic E-state index is 12.7. The van der Waals surface area contributed by atoms with Crippen molar-refractivity contribution in [3.63, 3.8) is 0 Å². The number of aromatic nitrogens is 5. The molecule has 0 radical (unpaired) electrons. The van der Waals surface area contributed by atoms with Crippen LogP contribution < -0.4 is 5.32 Å². The van der Waals surface area contributed by atoms with Crippen LogP contribution in [0.25, 0.3) is 5.69 Å². The molecule has 128 valence electrons. The SMILES string of the molecule is Cc1c(C(=O)N2CC(Nc3ccccc3)C2)nnn1-c1cnn(C)c1. The van der Waals surface area contributed by atoms with Crippen LogP contribution in [0.2, 0.25) is 0 Å². The van der Waals surface area contributed by atoms with E-state index in [4.69, 9.17) is 0 Å². The molecule has 0 saturated carbocycles. The molecule has 0 spiro atoms. The smallest absolute Gasteiger partial charge is 0.276 e. The lowest BCUT2D eigenvalue weighted by Crippen LogP contribution is -2.57. The number of hydrogen-bond donors (Lipinski definition) is 1. The summed E-state index contributed by atoms with van der Waals surface area (Å²) in [5.41, 5.74) is 2.97. The molecule has 1 aliphatic heterocycles. The maximum Gasteiger partial charge on any atom is 0.276 e. The topological polar surface area (TPSA) is 80.9 Å². The summed E-state index contributed by atoms with van der Waals surface area (Å²) in [5.74, 6) is -0.0845. The Labute approximate surface area is 145 Å². The van der Waals surface area contributed by atoms with E-state index in [1.54, 1.807) is 20.5 Å². The Bertz CT molecular complexity index is 893. The van der Waals surface area contributed by atoms with Gasteiger partial charge >= 0.3 is 0 Å². The number of rotatable bonds is 4. The van der Waals surface area contributed by atoms with Gasteiger partial charge in [-0.3, -0.25) is 9.48 Å². The average Bonchev–Trinajstić information content (AvgIpc) is 3.16. The van der Waals surface area contributed by atoms with Crippen LogP contribution in [0.5, 0.6) is 0 Å². The molecule has 1 fully saturated rings. The predicted molar refractivity (Wildman–Crippen MR) is 92.6 cm³/mol. The molecule has 1 aliphatic rings. The minimum absolute atomic E-state index is 0.0845. The Morgan fingerprint density at radius 3 is 2.68 bits per heavy atom. The summed E-state index contributed by atoms with van der Waals surface area (Å²) in [5, 5.41) is 15.7. The van der Waals surface area contributed by atoms with Gasteiger partial charge in [-0.05, 0) is 19.1 Å². The second-order valence-electron chi connectivity index (χ2n) is 6.22. The van der Waals surface area contributed by atoms with Gasteiger partial charge in [0.25, 0.3) is 5.91 Å². The Kier molecular flexibility index (Phi) is 3.72. The van der Waals surface area contributed by atoms with Crippen molar-refractivity contribution in [2.24, 2.45) is 7.05 Å². The van der Waals surface area contributed by atoms with Crippen LogP contribution in [0.4, 0.5) is 5.69 Å². The number of carbonyl (C=O) groups is 1. The number of nitrogens with one attached hydrogen (secondary N) is 1. The Morgan fingerprint density at radius 1 is 1.24 bits per heavy atom. The lowest BCUT2D eigenvalue weighted by atomic mass is 10.1. The largest absolute Gasteiger partial charge is 0.379 e. The normalized spacial score (nSPS) is 14.4. The van der Waals surface area contributed by atoms with E-state index in [1.807, 2.05) is 50.5 Å². The van der Waals surface area contributed by atoms with E-state index in [9.17, 15) is 4.79 Å². The summed E-state index contributed by atoms with van der Waals surface area (Å²) < 4.78 is 3.33. The number of likely N-dealkylation sites (tertiary alicyclic amines) is 1. The molecule has 8 heteroatoms. The van der Waals surface area contributed by atoms with Crippen LogP contribution in [0.1, 0.15) is 16.2 Å². The highest BCUT2D eigenvalue weighted by molar-refractivity contribution is 5.94. The number of para-hydroxylation sites is 1. The zero-order chi connectivity index (χ0) is 17.4. The molecule has 0 atom stereocenters. The number of anilines is 1. The first-order chi connectivity index (χ1) is 12.1. The molecule has 0 aliphatic carbocycles. The molecule has 1 N–H and O–H groups in total. The standard InChI is InChI=1S/C17H19N7O/c1-12-16(20-21-24(12)15-8-18-22(2)11-15)17(25)23-9-14(10-23)19-13-6-4-3-5-7-13/h3-8,11,14,19H,9-10H2,1-2H3. The molecular weight excluding hydrogens is 318 g/mol. The number of benzene rings is 1. The van der Waals surface area contributed by atoms with Crippen LogP contribution in [-0.4, -0.2) is 54.7 Å². The maximum atomic E-state index is 12.7. The summed E-state index contributed by atoms with van der Waals surface area (Å²) in [6, 6.07) is 10.3. The highest BCUT2D eigenvalue weighted by Crippen LogP contribution is 2.19. The highest BCUT2D eigenvalue weighted by Gasteiger charge is 2.33. The molecule has 4 rings (SSSR count). The zero-order valence-electron chi connectivity index (χ0n) is 14.1. The fraction of sp³-hybridized carbons (Fsp3) is 0.294. The molecule has 0 bridgehead atoms. The number of hydrogen-bond acceptors (Lipinski definition) is 5. The monoisotopic (exact) mass is 337 g/mol. The third kappa shape index (κ3) is 2.86. The summed E-state index contributed by atoms with van der Waals surface area (Å²) in [7, 11) is 1.84. The Hall–Kier alpha value is -3.16. The second kappa shape index (κ2) is 6.04. The van der Waals surface area contributed by atoms with E-state index in [2.05, 4.69) is 20.7 Å². The van der Waals surface area contributed by atoms with Gasteiger partial charge in [-0.25, -0.2) is 4.68 Å². The quantitative estimate of drug-likeness (QED) is 0.775. The van der Waals surface area contributed by atoms with Crippen molar-refractivity contribution in [1.29, 1.82) is 0 Å². The Balaban J connectivity index is 1.42. The van der Waals surface area contributed by atoms with E-state index in [0.29, 0.717) is 18.8 Å². The number of nitrogens with zero attached hydrogens (tertiary/aromatic N) is 6. The summed E-state index contributed by atoms with van der Waals surface area (Å²) in [4.78, 5) is 14.4. The first-order valence-electron chi connectivity index (χ1n) is 8.14. The third-order valence-electron chi connectivity index (χ3n) is 4.35. The van der Waals surface area contributed by atoms with Crippen LogP contribution in [0, 0.1) is 6.92 Å². The van der Waals surface area contributed by atoms with Gasteiger partial charge in [0.2, 0.25) is 0 Å². The minimum atomic E-state index is -0.0845. The van der Waals surface area contributed by atoms with E-state index in [0.717, 1.165) is 17.1 Å². The van der Waals surface area contributed by atoms with E-state index in [1.165, 1.54) is 0 Å². The first kappa shape index (κ1) is 15.4. The van der Waals surface area contributed by atoms with E-state index < -0.39 is 0 Å². The molecule has 8 nitrogen and oxygen atoms in total. The molecule has 3 heterocycles. The van der Waals surface area contributed by atoms with Crippen LogP contribution >= 0.6 is 0 Å². The molecular formula is C17H19N7O. The molecule has 1 amide bonds. The summed E-state index contributed by atoms with van der Waals surface area (Å²) in [6.45, 7) is 3.17. The van der Waals surface area contributed by atoms with Crippen LogP contribution in [0.3, 0.4) is 0 Å². The van der Waals surface area contributed by atoms with Gasteiger partial charge in [-0.1, -0.05) is 23.4 Å². The third-order valence-corrected chi connectivity index (χ3v) is 4.35. The minimum Gasteiger partial charge on any atom is -0.379 e. The van der Waals surface area contributed by atoms with Crippen molar-refractivity contribution in [1.82, 2.24) is 29.7 Å². The molecule has 25 heavy (non-hydrogen) atoms. The number of amides is 1. The average molecular weight is 337 g/mol. The van der Waals surface area contributed by atoms with Crippen molar-refractivity contribution in [2.75, 3.05) is 18.4 Å². The molecule has 2 aromatic heterocycles. The van der Waals surface area contributed by atoms with Crippen molar-refractivity contribution >= 4 is 11.6 Å². The van der Waals surface area contributed by atoms with Crippen LogP contribution in [-0.2, 0) is 7.05 Å². The number of carbonyl (C=O) groups excluding carboxylic acids is 1. The fourth-order valence-electron chi connectivity index (χ4n) is 2.95. The van der Waals surface area contributed by atoms with Gasteiger partial charge in [0.15, 0.2) is 5.69 Å². The molecule has 3 aromatic rings. The number of aryl methyl sites for hydroxylation is 1. The van der Waals surface area contributed by atoms with Gasteiger partial charge in [-0.15, -0.1) is 5.10 Å². The Morgan fingerprint density at radius 2 is 2.00 bits per heavy atom.